The Balaban J connectivity index is 1.72. The maximum Gasteiger partial charge on any atom is 0.0373 e. The lowest BCUT2D eigenvalue weighted by Gasteiger charge is -2.33. The minimum Gasteiger partial charge on any atom is -0.384 e. The van der Waals surface area contributed by atoms with Crippen LogP contribution in [0.25, 0.3) is 0 Å². The first kappa shape index (κ1) is 11.1. The van der Waals surface area contributed by atoms with Crippen LogP contribution in [0.4, 0.5) is 5.69 Å². The van der Waals surface area contributed by atoms with Crippen LogP contribution in [0, 0.1) is 0 Å². The summed E-state index contributed by atoms with van der Waals surface area (Å²) in [6.07, 6.45) is 5.34. The molecule has 92 valence electrons. The third-order valence-corrected chi connectivity index (χ3v) is 4.21. The number of fused-ring (bicyclic) bond motifs is 1. The molecule has 1 atom stereocenters. The van der Waals surface area contributed by atoms with Crippen molar-refractivity contribution in [1.82, 2.24) is 4.90 Å². The van der Waals surface area contributed by atoms with Crippen molar-refractivity contribution in [1.29, 1.82) is 0 Å². The fourth-order valence-corrected chi connectivity index (χ4v) is 3.08. The molecular formula is C15H22N2. The van der Waals surface area contributed by atoms with Gasteiger partial charge in [-0.3, -0.25) is 4.90 Å². The molecule has 2 nitrogen and oxygen atoms in total. The topological polar surface area (TPSA) is 15.3 Å². The number of hydrogen-bond donors (Lipinski definition) is 1. The zero-order valence-corrected chi connectivity index (χ0v) is 10.7. The Morgan fingerprint density at radius 1 is 1.35 bits per heavy atom. The lowest BCUT2D eigenvalue weighted by molar-refractivity contribution is 0.152. The second-order valence-electron chi connectivity index (χ2n) is 5.48. The van der Waals surface area contributed by atoms with Crippen LogP contribution in [0.5, 0.6) is 0 Å². The highest BCUT2D eigenvalue weighted by Gasteiger charge is 2.18. The van der Waals surface area contributed by atoms with Crippen LogP contribution in [0.2, 0.25) is 0 Å². The number of anilines is 1. The van der Waals surface area contributed by atoms with Gasteiger partial charge in [0.2, 0.25) is 0 Å². The highest BCUT2D eigenvalue weighted by molar-refractivity contribution is 5.56. The van der Waals surface area contributed by atoms with Gasteiger partial charge in [-0.1, -0.05) is 18.6 Å². The van der Waals surface area contributed by atoms with Gasteiger partial charge in [-0.2, -0.15) is 0 Å². The lowest BCUT2D eigenvalue weighted by Crippen LogP contribution is -2.36. The molecule has 17 heavy (non-hydrogen) atoms. The van der Waals surface area contributed by atoms with Gasteiger partial charge in [-0.25, -0.2) is 0 Å². The zero-order valence-electron chi connectivity index (χ0n) is 10.7. The van der Waals surface area contributed by atoms with Gasteiger partial charge < -0.3 is 5.32 Å². The summed E-state index contributed by atoms with van der Waals surface area (Å²) in [7, 11) is 0. The van der Waals surface area contributed by atoms with Crippen molar-refractivity contribution >= 4 is 5.69 Å². The summed E-state index contributed by atoms with van der Waals surface area (Å²) in [6, 6.07) is 7.71. The van der Waals surface area contributed by atoms with E-state index in [-0.39, 0.29) is 0 Å². The third kappa shape index (κ3) is 2.32. The van der Waals surface area contributed by atoms with E-state index in [1.165, 1.54) is 49.0 Å². The Bertz CT molecular complexity index is 400. The molecule has 0 aromatic heterocycles. The van der Waals surface area contributed by atoms with Crippen LogP contribution in [0.3, 0.4) is 0 Å². The SMILES string of the molecule is CC1CCCCN1Cc1ccc2c(c1)CCN2. The number of rotatable bonds is 2. The zero-order chi connectivity index (χ0) is 11.7. The van der Waals surface area contributed by atoms with Gasteiger partial charge in [0.15, 0.2) is 0 Å². The lowest BCUT2D eigenvalue weighted by atomic mass is 10.0. The van der Waals surface area contributed by atoms with Gasteiger partial charge in [0.05, 0.1) is 0 Å². The number of nitrogens with one attached hydrogen (secondary N) is 1. The van der Waals surface area contributed by atoms with Gasteiger partial charge in [0.25, 0.3) is 0 Å². The smallest absolute Gasteiger partial charge is 0.0373 e. The van der Waals surface area contributed by atoms with E-state index in [4.69, 9.17) is 0 Å². The highest BCUT2D eigenvalue weighted by atomic mass is 15.2. The molecule has 1 aromatic carbocycles. The van der Waals surface area contributed by atoms with Crippen LogP contribution >= 0.6 is 0 Å². The van der Waals surface area contributed by atoms with Crippen LogP contribution < -0.4 is 5.32 Å². The molecule has 1 saturated heterocycles. The van der Waals surface area contributed by atoms with Crippen molar-refractivity contribution in [3.63, 3.8) is 0 Å². The second kappa shape index (κ2) is 4.69. The Labute approximate surface area is 104 Å². The first-order chi connectivity index (χ1) is 8.33. The normalized spacial score (nSPS) is 24.4. The predicted octanol–water partition coefficient (Wildman–Crippen LogP) is 3.03. The van der Waals surface area contributed by atoms with Crippen molar-refractivity contribution in [3.05, 3.63) is 29.3 Å². The summed E-state index contributed by atoms with van der Waals surface area (Å²) in [5, 5.41) is 3.43. The van der Waals surface area contributed by atoms with Crippen molar-refractivity contribution in [2.24, 2.45) is 0 Å². The number of benzene rings is 1. The molecule has 0 radical (unpaired) electrons. The quantitative estimate of drug-likeness (QED) is 0.840. The summed E-state index contributed by atoms with van der Waals surface area (Å²) in [6.45, 7) is 5.89. The van der Waals surface area contributed by atoms with E-state index in [1.54, 1.807) is 0 Å². The molecule has 0 saturated carbocycles. The van der Waals surface area contributed by atoms with Crippen LogP contribution in [0.15, 0.2) is 18.2 Å². The Morgan fingerprint density at radius 3 is 3.18 bits per heavy atom. The molecule has 1 aromatic rings. The molecule has 0 aliphatic carbocycles. The van der Waals surface area contributed by atoms with Crippen molar-refractivity contribution in [2.45, 2.75) is 45.2 Å². The van der Waals surface area contributed by atoms with Crippen molar-refractivity contribution in [3.8, 4) is 0 Å². The fraction of sp³-hybridized carbons (Fsp3) is 0.600. The molecule has 2 aliphatic rings. The summed E-state index contributed by atoms with van der Waals surface area (Å²) in [5.74, 6) is 0. The number of likely N-dealkylation sites (tertiary alicyclic amines) is 1. The summed E-state index contributed by atoms with van der Waals surface area (Å²) >= 11 is 0. The van der Waals surface area contributed by atoms with E-state index in [1.807, 2.05) is 0 Å². The molecule has 3 rings (SSSR count). The molecule has 1 fully saturated rings. The van der Waals surface area contributed by atoms with E-state index in [0.29, 0.717) is 0 Å². The van der Waals surface area contributed by atoms with E-state index in [0.717, 1.165) is 19.1 Å². The van der Waals surface area contributed by atoms with Gasteiger partial charge in [-0.15, -0.1) is 0 Å². The van der Waals surface area contributed by atoms with Crippen LogP contribution in [0.1, 0.15) is 37.3 Å². The Hall–Kier alpha value is -1.02. The minimum atomic E-state index is 0.759. The van der Waals surface area contributed by atoms with E-state index >= 15 is 0 Å². The molecule has 0 bridgehead atoms. The second-order valence-corrected chi connectivity index (χ2v) is 5.48. The van der Waals surface area contributed by atoms with Gasteiger partial charge in [0, 0.05) is 24.8 Å². The largest absolute Gasteiger partial charge is 0.384 e. The first-order valence-corrected chi connectivity index (χ1v) is 6.92. The Morgan fingerprint density at radius 2 is 2.29 bits per heavy atom. The number of nitrogens with zero attached hydrogens (tertiary/aromatic N) is 1. The third-order valence-electron chi connectivity index (χ3n) is 4.21. The molecule has 2 aliphatic heterocycles. The maximum absolute atomic E-state index is 3.43. The van der Waals surface area contributed by atoms with E-state index < -0.39 is 0 Å². The highest BCUT2D eigenvalue weighted by Crippen LogP contribution is 2.25. The fourth-order valence-electron chi connectivity index (χ4n) is 3.08. The van der Waals surface area contributed by atoms with Crippen LogP contribution in [-0.2, 0) is 13.0 Å². The molecule has 1 unspecified atom stereocenters. The van der Waals surface area contributed by atoms with Gasteiger partial charge in [-0.05, 0) is 49.9 Å². The van der Waals surface area contributed by atoms with Crippen LogP contribution in [-0.4, -0.2) is 24.0 Å². The summed E-state index contributed by atoms with van der Waals surface area (Å²) in [5.41, 5.74) is 4.34. The summed E-state index contributed by atoms with van der Waals surface area (Å²) in [4.78, 5) is 2.63. The summed E-state index contributed by atoms with van der Waals surface area (Å²) < 4.78 is 0. The van der Waals surface area contributed by atoms with E-state index in [9.17, 15) is 0 Å². The van der Waals surface area contributed by atoms with Gasteiger partial charge >= 0.3 is 0 Å². The number of piperidine rings is 1. The molecule has 0 amide bonds. The minimum absolute atomic E-state index is 0.759. The molecule has 1 N–H and O–H groups in total. The molecule has 2 heterocycles. The average molecular weight is 230 g/mol. The first-order valence-electron chi connectivity index (χ1n) is 6.92. The van der Waals surface area contributed by atoms with E-state index in [2.05, 4.69) is 35.3 Å². The predicted molar refractivity (Wildman–Crippen MR) is 72.4 cm³/mol. The molecule has 2 heteroatoms. The number of hydrogen-bond acceptors (Lipinski definition) is 2. The van der Waals surface area contributed by atoms with Gasteiger partial charge in [0.1, 0.15) is 0 Å². The Kier molecular flexibility index (Phi) is 3.06. The molecule has 0 spiro atoms. The standard InChI is InChI=1S/C15H22N2/c1-12-4-2-3-9-17(12)11-13-5-6-15-14(10-13)7-8-16-15/h5-6,10,12,16H,2-4,7-9,11H2,1H3. The van der Waals surface area contributed by atoms with Crippen molar-refractivity contribution in [2.75, 3.05) is 18.4 Å². The maximum atomic E-state index is 3.43. The average Bonchev–Trinajstić information content (AvgIpc) is 2.79. The monoisotopic (exact) mass is 230 g/mol. The van der Waals surface area contributed by atoms with Crippen molar-refractivity contribution < 1.29 is 0 Å². The molecular weight excluding hydrogens is 208 g/mol.